The Balaban J connectivity index is 2.48. The zero-order valence-electron chi connectivity index (χ0n) is 5.62. The topological polar surface area (TPSA) is 37.3 Å². The van der Waals surface area contributed by atoms with Gasteiger partial charge in [0.2, 0.25) is 0 Å². The van der Waals surface area contributed by atoms with Crippen LogP contribution in [0.2, 0.25) is 0 Å². The van der Waals surface area contributed by atoms with E-state index in [1.807, 2.05) is 18.2 Å². The molecular weight excluding hydrogens is 148 g/mol. The molecule has 0 bridgehead atoms. The van der Waals surface area contributed by atoms with Gasteiger partial charge in [-0.25, -0.2) is 4.21 Å². The lowest BCUT2D eigenvalue weighted by Gasteiger charge is -2.02. The minimum Gasteiger partial charge on any atom is -0.306 e. The largest absolute Gasteiger partial charge is 0.306 e. The second kappa shape index (κ2) is 3.68. The molecule has 0 saturated heterocycles. The Labute approximate surface area is 62.9 Å². The van der Waals surface area contributed by atoms with Gasteiger partial charge in [-0.05, 0) is 18.4 Å². The highest BCUT2D eigenvalue weighted by molar-refractivity contribution is 7.79. The van der Waals surface area contributed by atoms with E-state index in [0.717, 1.165) is 18.4 Å². The van der Waals surface area contributed by atoms with E-state index in [1.165, 1.54) is 0 Å². The molecule has 56 valence electrons. The molecule has 1 N–H and O–H groups in total. The van der Waals surface area contributed by atoms with Gasteiger partial charge < -0.3 is 4.55 Å². The van der Waals surface area contributed by atoms with Crippen LogP contribution >= 0.6 is 0 Å². The SMILES string of the molecule is O=S(O)CC1=CCCC=C1. The van der Waals surface area contributed by atoms with Crippen molar-refractivity contribution in [1.82, 2.24) is 0 Å². The molecule has 0 aromatic carbocycles. The highest BCUT2D eigenvalue weighted by Gasteiger charge is 1.99. The molecule has 0 aromatic rings. The van der Waals surface area contributed by atoms with Gasteiger partial charge in [0.15, 0.2) is 11.1 Å². The molecule has 1 atom stereocenters. The standard InChI is InChI=1S/C7H10O2S/c8-10(9)6-7-4-2-1-3-5-7/h2,4-5H,1,3,6H2,(H,8,9). The van der Waals surface area contributed by atoms with E-state index in [2.05, 4.69) is 0 Å². The minimum absolute atomic E-state index is 0.274. The van der Waals surface area contributed by atoms with Gasteiger partial charge in [-0.2, -0.15) is 0 Å². The van der Waals surface area contributed by atoms with Crippen LogP contribution in [0, 0.1) is 0 Å². The molecule has 1 unspecified atom stereocenters. The predicted octanol–water partition coefficient (Wildman–Crippen LogP) is 1.48. The van der Waals surface area contributed by atoms with Crippen molar-refractivity contribution in [3.63, 3.8) is 0 Å². The maximum Gasteiger partial charge on any atom is 0.157 e. The lowest BCUT2D eigenvalue weighted by Crippen LogP contribution is -1.98. The third-order valence-electron chi connectivity index (χ3n) is 1.36. The summed E-state index contributed by atoms with van der Waals surface area (Å²) in [6.07, 6.45) is 8.01. The van der Waals surface area contributed by atoms with Gasteiger partial charge in [-0.15, -0.1) is 0 Å². The third-order valence-corrected chi connectivity index (χ3v) is 1.94. The first-order valence-corrected chi connectivity index (χ1v) is 4.49. The van der Waals surface area contributed by atoms with Gasteiger partial charge in [-0.1, -0.05) is 18.2 Å². The van der Waals surface area contributed by atoms with Crippen LogP contribution in [0.15, 0.2) is 23.8 Å². The van der Waals surface area contributed by atoms with E-state index in [-0.39, 0.29) is 5.75 Å². The normalized spacial score (nSPS) is 20.3. The smallest absolute Gasteiger partial charge is 0.157 e. The molecule has 1 aliphatic carbocycles. The highest BCUT2D eigenvalue weighted by atomic mass is 32.2. The number of rotatable bonds is 2. The molecule has 0 radical (unpaired) electrons. The maximum absolute atomic E-state index is 10.3. The first-order chi connectivity index (χ1) is 4.79. The molecular formula is C7H10O2S. The van der Waals surface area contributed by atoms with Crippen LogP contribution in [-0.2, 0) is 11.1 Å². The molecule has 0 aliphatic heterocycles. The molecule has 0 fully saturated rings. The van der Waals surface area contributed by atoms with Crippen molar-refractivity contribution in [2.75, 3.05) is 5.75 Å². The molecule has 2 nitrogen and oxygen atoms in total. The van der Waals surface area contributed by atoms with Crippen molar-refractivity contribution >= 4 is 11.1 Å². The van der Waals surface area contributed by atoms with Gasteiger partial charge in [-0.3, -0.25) is 0 Å². The molecule has 1 rings (SSSR count). The van der Waals surface area contributed by atoms with Crippen molar-refractivity contribution in [3.8, 4) is 0 Å². The summed E-state index contributed by atoms with van der Waals surface area (Å²) in [4.78, 5) is 0. The molecule has 1 aliphatic rings. The molecule has 0 saturated carbocycles. The quantitative estimate of drug-likeness (QED) is 0.618. The fourth-order valence-corrected chi connectivity index (χ4v) is 1.42. The van der Waals surface area contributed by atoms with Crippen molar-refractivity contribution in [3.05, 3.63) is 23.8 Å². The van der Waals surface area contributed by atoms with E-state index in [4.69, 9.17) is 4.55 Å². The molecule has 0 amide bonds. The Morgan fingerprint density at radius 1 is 1.60 bits per heavy atom. The summed E-state index contributed by atoms with van der Waals surface area (Å²) < 4.78 is 18.8. The minimum atomic E-state index is -1.68. The Morgan fingerprint density at radius 3 is 2.90 bits per heavy atom. The van der Waals surface area contributed by atoms with Gasteiger partial charge >= 0.3 is 0 Å². The van der Waals surface area contributed by atoms with Crippen molar-refractivity contribution in [2.45, 2.75) is 12.8 Å². The Kier molecular flexibility index (Phi) is 2.83. The molecule has 3 heteroatoms. The fourth-order valence-electron chi connectivity index (χ4n) is 0.917. The van der Waals surface area contributed by atoms with Crippen molar-refractivity contribution in [1.29, 1.82) is 0 Å². The van der Waals surface area contributed by atoms with Gasteiger partial charge in [0, 0.05) is 0 Å². The van der Waals surface area contributed by atoms with E-state index in [1.54, 1.807) is 0 Å². The molecule has 0 aromatic heterocycles. The lowest BCUT2D eigenvalue weighted by atomic mass is 10.1. The Morgan fingerprint density at radius 2 is 2.40 bits per heavy atom. The maximum atomic E-state index is 10.3. The molecule has 0 heterocycles. The summed E-state index contributed by atoms with van der Waals surface area (Å²) in [5.74, 6) is 0.274. The average Bonchev–Trinajstić information content (AvgIpc) is 1.88. The first kappa shape index (κ1) is 7.69. The summed E-state index contributed by atoms with van der Waals surface area (Å²) in [7, 11) is 0. The summed E-state index contributed by atoms with van der Waals surface area (Å²) in [5, 5.41) is 0. The van der Waals surface area contributed by atoms with E-state index in [9.17, 15) is 4.21 Å². The van der Waals surface area contributed by atoms with Crippen molar-refractivity contribution in [2.24, 2.45) is 0 Å². The fraction of sp³-hybridized carbons (Fsp3) is 0.429. The van der Waals surface area contributed by atoms with Crippen molar-refractivity contribution < 1.29 is 8.76 Å². The van der Waals surface area contributed by atoms with Crippen LogP contribution in [0.1, 0.15) is 12.8 Å². The second-order valence-corrected chi connectivity index (χ2v) is 3.16. The van der Waals surface area contributed by atoms with Gasteiger partial charge in [0.25, 0.3) is 0 Å². The van der Waals surface area contributed by atoms with E-state index >= 15 is 0 Å². The van der Waals surface area contributed by atoms with Crippen LogP contribution in [0.4, 0.5) is 0 Å². The zero-order chi connectivity index (χ0) is 7.40. The van der Waals surface area contributed by atoms with Crippen LogP contribution in [0.3, 0.4) is 0 Å². The predicted molar refractivity (Wildman–Crippen MR) is 42.1 cm³/mol. The third kappa shape index (κ3) is 2.45. The molecule has 10 heavy (non-hydrogen) atoms. The Bertz CT molecular complexity index is 194. The van der Waals surface area contributed by atoms with Crippen LogP contribution in [0.25, 0.3) is 0 Å². The average molecular weight is 158 g/mol. The van der Waals surface area contributed by atoms with Crippen LogP contribution < -0.4 is 0 Å². The first-order valence-electron chi connectivity index (χ1n) is 3.22. The Hall–Kier alpha value is -0.410. The summed E-state index contributed by atoms with van der Waals surface area (Å²) in [6.45, 7) is 0. The second-order valence-electron chi connectivity index (χ2n) is 2.22. The van der Waals surface area contributed by atoms with Crippen LogP contribution in [-0.4, -0.2) is 14.5 Å². The lowest BCUT2D eigenvalue weighted by molar-refractivity contribution is 0.567. The number of hydrogen-bond donors (Lipinski definition) is 1. The monoisotopic (exact) mass is 158 g/mol. The number of hydrogen-bond acceptors (Lipinski definition) is 1. The van der Waals surface area contributed by atoms with Gasteiger partial charge in [0.1, 0.15) is 0 Å². The van der Waals surface area contributed by atoms with E-state index in [0.29, 0.717) is 0 Å². The summed E-state index contributed by atoms with van der Waals surface area (Å²) >= 11 is -1.68. The zero-order valence-corrected chi connectivity index (χ0v) is 6.43. The highest BCUT2D eigenvalue weighted by Crippen LogP contribution is 2.09. The molecule has 0 spiro atoms. The van der Waals surface area contributed by atoms with Crippen LogP contribution in [0.5, 0.6) is 0 Å². The van der Waals surface area contributed by atoms with Gasteiger partial charge in [0.05, 0.1) is 5.75 Å². The number of allylic oxidation sites excluding steroid dienone is 3. The summed E-state index contributed by atoms with van der Waals surface area (Å²) in [6, 6.07) is 0. The van der Waals surface area contributed by atoms with E-state index < -0.39 is 11.1 Å². The summed E-state index contributed by atoms with van der Waals surface area (Å²) in [5.41, 5.74) is 0.979.